The fraction of sp³-hybridized carbons (Fsp3) is 0.158. The second-order valence-electron chi connectivity index (χ2n) is 5.76. The van der Waals surface area contributed by atoms with Crippen LogP contribution in [0.2, 0.25) is 0 Å². The molecular weight excluding hydrogens is 307 g/mol. The fourth-order valence-electron chi connectivity index (χ4n) is 2.62. The van der Waals surface area contributed by atoms with Crippen LogP contribution >= 0.6 is 0 Å². The topological polar surface area (TPSA) is 62.0 Å². The minimum absolute atomic E-state index is 0.0331. The van der Waals surface area contributed by atoms with Crippen LogP contribution in [0.3, 0.4) is 0 Å². The van der Waals surface area contributed by atoms with Crippen LogP contribution in [0.25, 0.3) is 10.9 Å². The van der Waals surface area contributed by atoms with E-state index in [0.29, 0.717) is 5.56 Å². The second kappa shape index (κ2) is 6.28. The van der Waals surface area contributed by atoms with Gasteiger partial charge in [0.1, 0.15) is 5.82 Å². The average molecular weight is 324 g/mol. The molecule has 1 amide bonds. The van der Waals surface area contributed by atoms with E-state index in [4.69, 9.17) is 0 Å². The van der Waals surface area contributed by atoms with Crippen LogP contribution < -0.4 is 10.9 Å². The number of nitrogens with one attached hydrogen (secondary N) is 2. The summed E-state index contributed by atoms with van der Waals surface area (Å²) < 4.78 is 13.6. The van der Waals surface area contributed by atoms with E-state index in [1.54, 1.807) is 12.1 Å². The largest absolute Gasteiger partial charge is 0.348 e. The summed E-state index contributed by atoms with van der Waals surface area (Å²) in [6, 6.07) is 11.4. The number of aryl methyl sites for hydroxylation is 2. The molecule has 0 fully saturated rings. The van der Waals surface area contributed by atoms with Crippen LogP contribution in [-0.2, 0) is 6.54 Å². The van der Waals surface area contributed by atoms with Gasteiger partial charge in [0.2, 0.25) is 0 Å². The standard InChI is InChI=1S/C19H17FN2O2/c1-11-7-8-13-9-14(18(23)22-17(13)12(11)2)10-21-19(24)15-5-3-4-6-16(15)20/h3-9H,10H2,1-2H3,(H,21,24)(H,22,23). The molecule has 0 atom stereocenters. The highest BCUT2D eigenvalue weighted by molar-refractivity contribution is 5.94. The van der Waals surface area contributed by atoms with E-state index >= 15 is 0 Å². The van der Waals surface area contributed by atoms with Crippen molar-refractivity contribution in [2.75, 3.05) is 0 Å². The van der Waals surface area contributed by atoms with Crippen LogP contribution in [0.5, 0.6) is 0 Å². The molecule has 2 N–H and O–H groups in total. The maximum Gasteiger partial charge on any atom is 0.254 e. The zero-order chi connectivity index (χ0) is 17.3. The van der Waals surface area contributed by atoms with Crippen LogP contribution in [0.4, 0.5) is 4.39 Å². The summed E-state index contributed by atoms with van der Waals surface area (Å²) >= 11 is 0. The van der Waals surface area contributed by atoms with Gasteiger partial charge in [-0.1, -0.05) is 24.3 Å². The van der Waals surface area contributed by atoms with Gasteiger partial charge in [0, 0.05) is 12.1 Å². The Morgan fingerprint density at radius 2 is 1.92 bits per heavy atom. The number of hydrogen-bond donors (Lipinski definition) is 2. The van der Waals surface area contributed by atoms with Gasteiger partial charge in [0.25, 0.3) is 11.5 Å². The lowest BCUT2D eigenvalue weighted by atomic mass is 10.0. The van der Waals surface area contributed by atoms with E-state index < -0.39 is 11.7 Å². The van der Waals surface area contributed by atoms with E-state index in [0.717, 1.165) is 22.0 Å². The van der Waals surface area contributed by atoms with Gasteiger partial charge in [-0.3, -0.25) is 9.59 Å². The molecule has 122 valence electrons. The maximum atomic E-state index is 13.6. The number of fused-ring (bicyclic) bond motifs is 1. The van der Waals surface area contributed by atoms with Gasteiger partial charge in [-0.2, -0.15) is 0 Å². The molecule has 0 saturated heterocycles. The molecule has 0 unspecified atom stereocenters. The molecule has 24 heavy (non-hydrogen) atoms. The third-order valence-electron chi connectivity index (χ3n) is 4.19. The summed E-state index contributed by atoms with van der Waals surface area (Å²) in [5.74, 6) is -1.14. The number of benzene rings is 2. The Balaban J connectivity index is 1.87. The third-order valence-corrected chi connectivity index (χ3v) is 4.19. The smallest absolute Gasteiger partial charge is 0.254 e. The molecular formula is C19H17FN2O2. The van der Waals surface area contributed by atoms with Crippen LogP contribution in [0.1, 0.15) is 27.0 Å². The Bertz CT molecular complexity index is 992. The number of rotatable bonds is 3. The highest BCUT2D eigenvalue weighted by atomic mass is 19.1. The summed E-state index contributed by atoms with van der Waals surface area (Å²) in [5.41, 5.74) is 3.04. The molecule has 4 nitrogen and oxygen atoms in total. The molecule has 2 aromatic carbocycles. The minimum Gasteiger partial charge on any atom is -0.348 e. The number of aromatic amines is 1. The molecule has 0 aliphatic heterocycles. The molecule has 0 spiro atoms. The Labute approximate surface area is 138 Å². The van der Waals surface area contributed by atoms with Gasteiger partial charge in [-0.05, 0) is 48.6 Å². The van der Waals surface area contributed by atoms with Crippen LogP contribution in [0.15, 0.2) is 47.3 Å². The number of carbonyl (C=O) groups is 1. The molecule has 1 heterocycles. The van der Waals surface area contributed by atoms with Crippen molar-refractivity contribution in [3.63, 3.8) is 0 Å². The molecule has 0 saturated carbocycles. The van der Waals surface area contributed by atoms with Gasteiger partial charge in [0.05, 0.1) is 11.1 Å². The van der Waals surface area contributed by atoms with Crippen molar-refractivity contribution in [3.8, 4) is 0 Å². The number of hydrogen-bond acceptors (Lipinski definition) is 2. The predicted octanol–water partition coefficient (Wildman–Crippen LogP) is 3.21. The molecule has 0 bridgehead atoms. The quantitative estimate of drug-likeness (QED) is 0.777. The first kappa shape index (κ1) is 15.9. The normalized spacial score (nSPS) is 10.8. The summed E-state index contributed by atoms with van der Waals surface area (Å²) in [7, 11) is 0. The average Bonchev–Trinajstić information content (AvgIpc) is 2.57. The number of halogens is 1. The lowest BCUT2D eigenvalue weighted by Crippen LogP contribution is -2.27. The number of pyridine rings is 1. The van der Waals surface area contributed by atoms with E-state index in [1.807, 2.05) is 26.0 Å². The number of amides is 1. The highest BCUT2D eigenvalue weighted by Gasteiger charge is 2.12. The van der Waals surface area contributed by atoms with Gasteiger partial charge < -0.3 is 10.3 Å². The number of carbonyl (C=O) groups excluding carboxylic acids is 1. The van der Waals surface area contributed by atoms with Crippen molar-refractivity contribution in [2.24, 2.45) is 0 Å². The van der Waals surface area contributed by atoms with Crippen LogP contribution in [-0.4, -0.2) is 10.9 Å². The lowest BCUT2D eigenvalue weighted by Gasteiger charge is -2.09. The van der Waals surface area contributed by atoms with E-state index in [2.05, 4.69) is 10.3 Å². The summed E-state index contributed by atoms with van der Waals surface area (Å²) in [5, 5.41) is 3.48. The molecule has 1 aromatic heterocycles. The molecule has 0 radical (unpaired) electrons. The van der Waals surface area contributed by atoms with Crippen LogP contribution in [0, 0.1) is 19.7 Å². The summed E-state index contributed by atoms with van der Waals surface area (Å²) in [6.45, 7) is 3.97. The Morgan fingerprint density at radius 1 is 1.17 bits per heavy atom. The van der Waals surface area contributed by atoms with Crippen molar-refractivity contribution in [3.05, 3.63) is 80.9 Å². The van der Waals surface area contributed by atoms with Gasteiger partial charge in [0.15, 0.2) is 0 Å². The lowest BCUT2D eigenvalue weighted by molar-refractivity contribution is 0.0947. The second-order valence-corrected chi connectivity index (χ2v) is 5.76. The highest BCUT2D eigenvalue weighted by Crippen LogP contribution is 2.18. The first-order valence-electron chi connectivity index (χ1n) is 7.62. The van der Waals surface area contributed by atoms with Gasteiger partial charge >= 0.3 is 0 Å². The summed E-state index contributed by atoms with van der Waals surface area (Å²) in [4.78, 5) is 27.1. The van der Waals surface area contributed by atoms with Crippen molar-refractivity contribution in [1.29, 1.82) is 0 Å². The Kier molecular flexibility index (Phi) is 4.16. The van der Waals surface area contributed by atoms with Crippen molar-refractivity contribution >= 4 is 16.8 Å². The predicted molar refractivity (Wildman–Crippen MR) is 91.6 cm³/mol. The van der Waals surface area contributed by atoms with Crippen molar-refractivity contribution < 1.29 is 9.18 Å². The summed E-state index contributed by atoms with van der Waals surface area (Å²) in [6.07, 6.45) is 0. The molecule has 0 aliphatic carbocycles. The first-order valence-corrected chi connectivity index (χ1v) is 7.62. The monoisotopic (exact) mass is 324 g/mol. The van der Waals surface area contributed by atoms with Crippen molar-refractivity contribution in [1.82, 2.24) is 10.3 Å². The Morgan fingerprint density at radius 3 is 2.67 bits per heavy atom. The van der Waals surface area contributed by atoms with Gasteiger partial charge in [-0.25, -0.2) is 4.39 Å². The molecule has 5 heteroatoms. The number of aromatic nitrogens is 1. The zero-order valence-corrected chi connectivity index (χ0v) is 13.4. The first-order chi connectivity index (χ1) is 11.5. The maximum absolute atomic E-state index is 13.6. The third kappa shape index (κ3) is 2.93. The van der Waals surface area contributed by atoms with E-state index in [-0.39, 0.29) is 17.7 Å². The molecule has 0 aliphatic rings. The van der Waals surface area contributed by atoms with E-state index in [9.17, 15) is 14.0 Å². The Hall–Kier alpha value is -2.95. The minimum atomic E-state index is -0.589. The van der Waals surface area contributed by atoms with E-state index in [1.165, 1.54) is 18.2 Å². The van der Waals surface area contributed by atoms with Gasteiger partial charge in [-0.15, -0.1) is 0 Å². The molecule has 3 rings (SSSR count). The fourth-order valence-corrected chi connectivity index (χ4v) is 2.62. The SMILES string of the molecule is Cc1ccc2cc(CNC(=O)c3ccccc3F)c(=O)[nH]c2c1C. The van der Waals surface area contributed by atoms with Crippen molar-refractivity contribution in [2.45, 2.75) is 20.4 Å². The molecule has 3 aromatic rings. The zero-order valence-electron chi connectivity index (χ0n) is 13.4. The number of H-pyrrole nitrogens is 1.